The van der Waals surface area contributed by atoms with Gasteiger partial charge in [0.15, 0.2) is 0 Å². The molecule has 0 aliphatic carbocycles. The normalized spacial score (nSPS) is 22.6. The molecule has 1 heterocycles. The minimum absolute atomic E-state index is 0.115. The van der Waals surface area contributed by atoms with Crippen LogP contribution in [0, 0.1) is 5.92 Å². The summed E-state index contributed by atoms with van der Waals surface area (Å²) in [5.74, 6) is -4.26. The maximum atomic E-state index is 11.7. The van der Waals surface area contributed by atoms with E-state index in [0.717, 1.165) is 4.90 Å². The van der Waals surface area contributed by atoms with Crippen LogP contribution in [0.3, 0.4) is 0 Å². The van der Waals surface area contributed by atoms with Crippen LogP contribution < -0.4 is 5.32 Å². The molecule has 18 heavy (non-hydrogen) atoms. The summed E-state index contributed by atoms with van der Waals surface area (Å²) in [5.41, 5.74) is 0. The molecule has 0 aromatic carbocycles. The number of hydrogen-bond donors (Lipinski definition) is 3. The summed E-state index contributed by atoms with van der Waals surface area (Å²) in [7, 11) is 0. The molecule has 0 radical (unpaired) electrons. The van der Waals surface area contributed by atoms with Gasteiger partial charge in [-0.3, -0.25) is 14.4 Å². The summed E-state index contributed by atoms with van der Waals surface area (Å²) in [5, 5.41) is 20.0. The summed E-state index contributed by atoms with van der Waals surface area (Å²) in [6, 6.07) is -1.15. The predicted octanol–water partition coefficient (Wildman–Crippen LogP) is -1.49. The molecule has 100 valence electrons. The number of aliphatic carboxylic acids is 2. The molecule has 2 atom stereocenters. The van der Waals surface area contributed by atoms with Gasteiger partial charge in [-0.25, -0.2) is 4.79 Å². The zero-order valence-electron chi connectivity index (χ0n) is 9.75. The van der Waals surface area contributed by atoms with Gasteiger partial charge in [-0.15, -0.1) is 0 Å². The molecule has 1 aliphatic rings. The number of rotatable bonds is 4. The van der Waals surface area contributed by atoms with Crippen LogP contribution in [0.1, 0.15) is 13.3 Å². The number of hydrogen-bond acceptors (Lipinski definition) is 4. The predicted molar refractivity (Wildman–Crippen MR) is 57.6 cm³/mol. The number of carboxylic acid groups (broad SMARTS) is 2. The highest BCUT2D eigenvalue weighted by Gasteiger charge is 2.42. The first-order valence-corrected chi connectivity index (χ1v) is 5.32. The monoisotopic (exact) mass is 258 g/mol. The Morgan fingerprint density at radius 3 is 2.28 bits per heavy atom. The number of likely N-dealkylation sites (tertiary alicyclic amines) is 1. The Labute approximate surface area is 103 Å². The number of carboxylic acids is 2. The van der Waals surface area contributed by atoms with Crippen LogP contribution in [0.15, 0.2) is 0 Å². The van der Waals surface area contributed by atoms with Gasteiger partial charge in [-0.2, -0.15) is 0 Å². The van der Waals surface area contributed by atoms with Crippen molar-refractivity contribution in [2.45, 2.75) is 19.4 Å². The zero-order valence-corrected chi connectivity index (χ0v) is 9.75. The van der Waals surface area contributed by atoms with Crippen molar-refractivity contribution in [3.05, 3.63) is 0 Å². The van der Waals surface area contributed by atoms with Gasteiger partial charge in [0.05, 0.1) is 12.5 Å². The molecule has 0 spiro atoms. The van der Waals surface area contributed by atoms with Crippen LogP contribution in [-0.4, -0.2) is 58.0 Å². The van der Waals surface area contributed by atoms with Gasteiger partial charge in [0.25, 0.3) is 0 Å². The molecule has 8 heteroatoms. The molecule has 0 bridgehead atoms. The van der Waals surface area contributed by atoms with Crippen molar-refractivity contribution >= 4 is 23.8 Å². The molecule has 1 rings (SSSR count). The Morgan fingerprint density at radius 2 is 1.83 bits per heavy atom. The summed E-state index contributed by atoms with van der Waals surface area (Å²) >= 11 is 0. The second-order valence-corrected chi connectivity index (χ2v) is 4.08. The van der Waals surface area contributed by atoms with E-state index in [1.54, 1.807) is 0 Å². The average molecular weight is 258 g/mol. The molecule has 1 aliphatic heterocycles. The van der Waals surface area contributed by atoms with E-state index in [9.17, 15) is 19.2 Å². The first-order chi connectivity index (χ1) is 8.32. The van der Waals surface area contributed by atoms with Crippen LogP contribution in [-0.2, 0) is 19.2 Å². The van der Waals surface area contributed by atoms with E-state index in [0.29, 0.717) is 0 Å². The molecular formula is C10H14N2O6. The summed E-state index contributed by atoms with van der Waals surface area (Å²) in [6.45, 7) is 0.752. The SMILES string of the molecule is CC(=O)NCC(=O)N1C[C@@H](C(=O)O)C[C@H]1C(=O)O. The third-order valence-electron chi connectivity index (χ3n) is 2.74. The lowest BCUT2D eigenvalue weighted by molar-refractivity contribution is -0.148. The van der Waals surface area contributed by atoms with Gasteiger partial charge in [-0.05, 0) is 6.42 Å². The van der Waals surface area contributed by atoms with Crippen LogP contribution in [0.2, 0.25) is 0 Å². The van der Waals surface area contributed by atoms with E-state index >= 15 is 0 Å². The van der Waals surface area contributed by atoms with E-state index in [2.05, 4.69) is 5.32 Å². The topological polar surface area (TPSA) is 124 Å². The van der Waals surface area contributed by atoms with Gasteiger partial charge in [0.1, 0.15) is 6.04 Å². The fourth-order valence-electron chi connectivity index (χ4n) is 1.83. The molecule has 0 unspecified atom stereocenters. The maximum Gasteiger partial charge on any atom is 0.326 e. The van der Waals surface area contributed by atoms with Crippen LogP contribution >= 0.6 is 0 Å². The zero-order chi connectivity index (χ0) is 13.9. The Bertz CT molecular complexity index is 394. The molecular weight excluding hydrogens is 244 g/mol. The lowest BCUT2D eigenvalue weighted by Crippen LogP contribution is -2.45. The Morgan fingerprint density at radius 1 is 1.22 bits per heavy atom. The second kappa shape index (κ2) is 5.48. The minimum Gasteiger partial charge on any atom is -0.481 e. The van der Waals surface area contributed by atoms with Crippen molar-refractivity contribution in [2.24, 2.45) is 5.92 Å². The standard InChI is InChI=1S/C10H14N2O6/c1-5(13)11-3-8(14)12-4-6(9(15)16)2-7(12)10(17)18/h6-7H,2-4H2,1H3,(H,11,13)(H,15,16)(H,17,18)/t6-,7-/m0/s1. The highest BCUT2D eigenvalue weighted by Crippen LogP contribution is 2.23. The molecule has 2 amide bonds. The summed E-state index contributed by atoms with van der Waals surface area (Å²) < 4.78 is 0. The first-order valence-electron chi connectivity index (χ1n) is 5.32. The summed E-state index contributed by atoms with van der Waals surface area (Å²) in [4.78, 5) is 45.1. The molecule has 0 saturated carbocycles. The lowest BCUT2D eigenvalue weighted by Gasteiger charge is -2.21. The van der Waals surface area contributed by atoms with Crippen LogP contribution in [0.25, 0.3) is 0 Å². The Balaban J connectivity index is 2.72. The number of nitrogens with one attached hydrogen (secondary N) is 1. The third kappa shape index (κ3) is 3.19. The van der Waals surface area contributed by atoms with Gasteiger partial charge < -0.3 is 20.4 Å². The van der Waals surface area contributed by atoms with Gasteiger partial charge in [-0.1, -0.05) is 0 Å². The molecule has 1 fully saturated rings. The largest absolute Gasteiger partial charge is 0.481 e. The van der Waals surface area contributed by atoms with Gasteiger partial charge in [0, 0.05) is 13.5 Å². The molecule has 0 aromatic heterocycles. The molecule has 8 nitrogen and oxygen atoms in total. The van der Waals surface area contributed by atoms with Gasteiger partial charge >= 0.3 is 11.9 Å². The lowest BCUT2D eigenvalue weighted by atomic mass is 10.1. The maximum absolute atomic E-state index is 11.7. The smallest absolute Gasteiger partial charge is 0.326 e. The van der Waals surface area contributed by atoms with E-state index in [1.165, 1.54) is 6.92 Å². The van der Waals surface area contributed by atoms with E-state index in [4.69, 9.17) is 10.2 Å². The molecule has 1 saturated heterocycles. The Kier molecular flexibility index (Phi) is 4.24. The van der Waals surface area contributed by atoms with Crippen molar-refractivity contribution in [1.82, 2.24) is 10.2 Å². The molecule has 3 N–H and O–H groups in total. The fourth-order valence-corrected chi connectivity index (χ4v) is 1.83. The molecule has 0 aromatic rings. The minimum atomic E-state index is -1.24. The fraction of sp³-hybridized carbons (Fsp3) is 0.600. The van der Waals surface area contributed by atoms with Gasteiger partial charge in [0.2, 0.25) is 11.8 Å². The summed E-state index contributed by atoms with van der Waals surface area (Å²) in [6.07, 6.45) is -0.115. The quantitative estimate of drug-likeness (QED) is 0.564. The van der Waals surface area contributed by atoms with E-state index < -0.39 is 35.7 Å². The van der Waals surface area contributed by atoms with Crippen molar-refractivity contribution < 1.29 is 29.4 Å². The second-order valence-electron chi connectivity index (χ2n) is 4.08. The van der Waals surface area contributed by atoms with Crippen LogP contribution in [0.4, 0.5) is 0 Å². The van der Waals surface area contributed by atoms with Crippen molar-refractivity contribution in [1.29, 1.82) is 0 Å². The average Bonchev–Trinajstić information content (AvgIpc) is 2.70. The number of carbonyl (C=O) groups is 4. The first kappa shape index (κ1) is 13.9. The number of nitrogens with zero attached hydrogens (tertiary/aromatic N) is 1. The number of amides is 2. The van der Waals surface area contributed by atoms with Crippen molar-refractivity contribution in [3.63, 3.8) is 0 Å². The number of carbonyl (C=O) groups excluding carboxylic acids is 2. The van der Waals surface area contributed by atoms with Crippen molar-refractivity contribution in [2.75, 3.05) is 13.1 Å². The van der Waals surface area contributed by atoms with E-state index in [1.807, 2.05) is 0 Å². The third-order valence-corrected chi connectivity index (χ3v) is 2.74. The highest BCUT2D eigenvalue weighted by molar-refractivity contribution is 5.89. The van der Waals surface area contributed by atoms with Crippen LogP contribution in [0.5, 0.6) is 0 Å². The van der Waals surface area contributed by atoms with E-state index in [-0.39, 0.29) is 19.5 Å². The Hall–Kier alpha value is -2.12. The van der Waals surface area contributed by atoms with Crippen molar-refractivity contribution in [3.8, 4) is 0 Å². The highest BCUT2D eigenvalue weighted by atomic mass is 16.4.